The molecule has 0 spiro atoms. The van der Waals surface area contributed by atoms with Crippen LogP contribution in [0.15, 0.2) is 30.3 Å². The third kappa shape index (κ3) is 4.29. The van der Waals surface area contributed by atoms with E-state index in [-0.39, 0.29) is 11.7 Å². The van der Waals surface area contributed by atoms with Crippen LogP contribution in [0.3, 0.4) is 0 Å². The minimum absolute atomic E-state index is 0.139. The topological polar surface area (TPSA) is 95.6 Å². The first-order chi connectivity index (χ1) is 13.1. The number of nitrogens with two attached hydrogens (primary N) is 1. The van der Waals surface area contributed by atoms with Crippen LogP contribution in [-0.2, 0) is 4.79 Å². The van der Waals surface area contributed by atoms with Gasteiger partial charge < -0.3 is 20.6 Å². The lowest BCUT2D eigenvalue weighted by Gasteiger charge is -2.36. The van der Waals surface area contributed by atoms with Crippen LogP contribution in [0.1, 0.15) is 19.3 Å². The van der Waals surface area contributed by atoms with Gasteiger partial charge in [-0.3, -0.25) is 4.79 Å². The summed E-state index contributed by atoms with van der Waals surface area (Å²) < 4.78 is 0. The number of nitrogen functional groups attached to an aromatic ring is 1. The first-order valence-electron chi connectivity index (χ1n) is 8.98. The van der Waals surface area contributed by atoms with Gasteiger partial charge in [0.05, 0.1) is 11.4 Å². The van der Waals surface area contributed by atoms with Crippen molar-refractivity contribution in [3.8, 4) is 29.4 Å². The summed E-state index contributed by atoms with van der Waals surface area (Å²) in [5, 5.41) is 18.2. The number of anilines is 2. The van der Waals surface area contributed by atoms with Gasteiger partial charge in [-0.2, -0.15) is 0 Å². The Morgan fingerprint density at radius 2 is 1.96 bits per heavy atom. The Bertz CT molecular complexity index is 854. The van der Waals surface area contributed by atoms with E-state index in [0.29, 0.717) is 56.1 Å². The molecular weight excluding hydrogens is 342 g/mol. The van der Waals surface area contributed by atoms with Crippen LogP contribution < -0.4 is 10.6 Å². The number of unbranched alkanes of at least 4 members (excludes halogenated alkanes) is 1. The van der Waals surface area contributed by atoms with Crippen molar-refractivity contribution in [1.29, 1.82) is 0 Å². The molecular formula is C20H23N5O2. The number of rotatable bonds is 5. The van der Waals surface area contributed by atoms with Crippen LogP contribution >= 0.6 is 0 Å². The van der Waals surface area contributed by atoms with Crippen LogP contribution in [0.4, 0.5) is 11.5 Å². The highest BCUT2D eigenvalue weighted by molar-refractivity contribution is 5.77. The number of hydrogen-bond donors (Lipinski definition) is 2. The molecule has 0 bridgehead atoms. The third-order valence-corrected chi connectivity index (χ3v) is 4.67. The number of benzene rings is 1. The number of aromatic nitrogens is 2. The Morgan fingerprint density at radius 1 is 1.22 bits per heavy atom. The van der Waals surface area contributed by atoms with Gasteiger partial charge in [0.25, 0.3) is 0 Å². The number of terminal acetylenes is 1. The average molecular weight is 365 g/mol. The summed E-state index contributed by atoms with van der Waals surface area (Å²) in [7, 11) is 0. The second-order valence-electron chi connectivity index (χ2n) is 6.44. The number of phenolic OH excluding ortho intramolecular Hbond substituents is 1. The predicted octanol–water partition coefficient (Wildman–Crippen LogP) is 1.88. The lowest BCUT2D eigenvalue weighted by atomic mass is 10.1. The van der Waals surface area contributed by atoms with Crippen molar-refractivity contribution >= 4 is 17.4 Å². The van der Waals surface area contributed by atoms with E-state index in [1.165, 1.54) is 0 Å². The zero-order valence-electron chi connectivity index (χ0n) is 15.1. The summed E-state index contributed by atoms with van der Waals surface area (Å²) in [6.45, 7) is 2.58. The van der Waals surface area contributed by atoms with Crippen molar-refractivity contribution < 1.29 is 9.90 Å². The first kappa shape index (κ1) is 18.5. The number of para-hydroxylation sites is 1. The van der Waals surface area contributed by atoms with E-state index in [1.54, 1.807) is 18.2 Å². The smallest absolute Gasteiger partial charge is 0.222 e. The highest BCUT2D eigenvalue weighted by Gasteiger charge is 2.23. The number of aromatic hydroxyl groups is 1. The molecule has 1 aromatic carbocycles. The largest absolute Gasteiger partial charge is 0.507 e. The van der Waals surface area contributed by atoms with Crippen LogP contribution in [0.5, 0.6) is 5.75 Å². The average Bonchev–Trinajstić information content (AvgIpc) is 2.69. The monoisotopic (exact) mass is 365 g/mol. The predicted molar refractivity (Wildman–Crippen MR) is 105 cm³/mol. The summed E-state index contributed by atoms with van der Waals surface area (Å²) in [5.74, 6) is 3.18. The number of amides is 1. The zero-order valence-corrected chi connectivity index (χ0v) is 15.1. The third-order valence-electron chi connectivity index (χ3n) is 4.67. The molecule has 1 aromatic heterocycles. The van der Waals surface area contributed by atoms with Crippen molar-refractivity contribution in [1.82, 2.24) is 15.1 Å². The standard InChI is InChI=1S/C20H23N5O2/c1-2-3-4-9-19(27)25-12-10-24(11-13-25)17-14-16(22-23-20(17)21)15-7-5-6-8-18(15)26/h1,5-8,14,26H,3-4,9-13H2,(H2,21,23). The lowest BCUT2D eigenvalue weighted by molar-refractivity contribution is -0.131. The number of carbonyl (C=O) groups is 1. The quantitative estimate of drug-likeness (QED) is 0.620. The number of phenols is 1. The molecule has 1 fully saturated rings. The Balaban J connectivity index is 1.69. The Kier molecular flexibility index (Phi) is 5.77. The molecule has 2 heterocycles. The molecule has 3 rings (SSSR count). The molecule has 0 aliphatic carbocycles. The molecule has 1 saturated heterocycles. The summed E-state index contributed by atoms with van der Waals surface area (Å²) >= 11 is 0. The Labute approximate surface area is 158 Å². The molecule has 1 aliphatic heterocycles. The summed E-state index contributed by atoms with van der Waals surface area (Å²) in [6.07, 6.45) is 7.07. The molecule has 7 nitrogen and oxygen atoms in total. The van der Waals surface area contributed by atoms with Crippen molar-refractivity contribution in [2.24, 2.45) is 0 Å². The van der Waals surface area contributed by atoms with Gasteiger partial charge in [0, 0.05) is 44.6 Å². The fraction of sp³-hybridized carbons (Fsp3) is 0.350. The van der Waals surface area contributed by atoms with Crippen LogP contribution in [0.25, 0.3) is 11.3 Å². The first-order valence-corrected chi connectivity index (χ1v) is 8.98. The minimum atomic E-state index is 0.139. The molecule has 0 saturated carbocycles. The van der Waals surface area contributed by atoms with E-state index in [4.69, 9.17) is 12.2 Å². The van der Waals surface area contributed by atoms with Crippen LogP contribution in [-0.4, -0.2) is 52.3 Å². The SMILES string of the molecule is C#CCCCC(=O)N1CCN(c2cc(-c3ccccc3O)nnc2N)CC1. The van der Waals surface area contributed by atoms with E-state index >= 15 is 0 Å². The van der Waals surface area contributed by atoms with Gasteiger partial charge in [0.1, 0.15) is 5.75 Å². The molecule has 1 amide bonds. The molecule has 2 aromatic rings. The summed E-state index contributed by atoms with van der Waals surface area (Å²) in [6, 6.07) is 8.81. The Morgan fingerprint density at radius 3 is 2.67 bits per heavy atom. The number of nitrogens with zero attached hydrogens (tertiary/aromatic N) is 4. The molecule has 0 radical (unpaired) electrons. The normalized spacial score (nSPS) is 14.0. The number of piperazine rings is 1. The maximum atomic E-state index is 12.2. The molecule has 1 aliphatic rings. The highest BCUT2D eigenvalue weighted by Crippen LogP contribution is 2.31. The number of carbonyl (C=O) groups excluding carboxylic acids is 1. The van der Waals surface area contributed by atoms with Crippen molar-refractivity contribution in [2.75, 3.05) is 36.8 Å². The van der Waals surface area contributed by atoms with Gasteiger partial charge in [0.15, 0.2) is 5.82 Å². The van der Waals surface area contributed by atoms with Crippen LogP contribution in [0.2, 0.25) is 0 Å². The van der Waals surface area contributed by atoms with Crippen molar-refractivity contribution in [2.45, 2.75) is 19.3 Å². The maximum Gasteiger partial charge on any atom is 0.222 e. The second kappa shape index (κ2) is 8.41. The molecule has 0 unspecified atom stereocenters. The molecule has 27 heavy (non-hydrogen) atoms. The van der Waals surface area contributed by atoms with Crippen molar-refractivity contribution in [3.05, 3.63) is 30.3 Å². The van der Waals surface area contributed by atoms with E-state index in [1.807, 2.05) is 17.0 Å². The van der Waals surface area contributed by atoms with E-state index in [2.05, 4.69) is 21.0 Å². The van der Waals surface area contributed by atoms with Crippen LogP contribution in [0, 0.1) is 12.3 Å². The van der Waals surface area contributed by atoms with Gasteiger partial charge in [0.2, 0.25) is 5.91 Å². The van der Waals surface area contributed by atoms with Gasteiger partial charge in [-0.05, 0) is 24.6 Å². The number of hydrogen-bond acceptors (Lipinski definition) is 6. The van der Waals surface area contributed by atoms with Gasteiger partial charge in [-0.15, -0.1) is 22.5 Å². The molecule has 7 heteroatoms. The van der Waals surface area contributed by atoms with Gasteiger partial charge in [-0.25, -0.2) is 0 Å². The Hall–Kier alpha value is -3.27. The van der Waals surface area contributed by atoms with Crippen molar-refractivity contribution in [3.63, 3.8) is 0 Å². The van der Waals surface area contributed by atoms with Gasteiger partial charge in [-0.1, -0.05) is 12.1 Å². The zero-order chi connectivity index (χ0) is 19.2. The second-order valence-corrected chi connectivity index (χ2v) is 6.44. The fourth-order valence-corrected chi connectivity index (χ4v) is 3.16. The van der Waals surface area contributed by atoms with E-state index in [0.717, 1.165) is 12.1 Å². The van der Waals surface area contributed by atoms with E-state index < -0.39 is 0 Å². The summed E-state index contributed by atoms with van der Waals surface area (Å²) in [4.78, 5) is 16.2. The molecule has 3 N–H and O–H groups in total. The fourth-order valence-electron chi connectivity index (χ4n) is 3.16. The molecule has 0 atom stereocenters. The van der Waals surface area contributed by atoms with Gasteiger partial charge >= 0.3 is 0 Å². The minimum Gasteiger partial charge on any atom is -0.507 e. The van der Waals surface area contributed by atoms with E-state index in [9.17, 15) is 9.90 Å². The summed E-state index contributed by atoms with van der Waals surface area (Å²) in [5.41, 5.74) is 7.97. The maximum absolute atomic E-state index is 12.2. The lowest BCUT2D eigenvalue weighted by Crippen LogP contribution is -2.49. The highest BCUT2D eigenvalue weighted by atomic mass is 16.3. The molecule has 140 valence electrons.